The van der Waals surface area contributed by atoms with Gasteiger partial charge in [0.15, 0.2) is 0 Å². The van der Waals surface area contributed by atoms with Gasteiger partial charge in [-0.05, 0) is 35.9 Å². The van der Waals surface area contributed by atoms with E-state index in [4.69, 9.17) is 0 Å². The highest BCUT2D eigenvalue weighted by Crippen LogP contribution is 2.38. The Labute approximate surface area is 174 Å². The van der Waals surface area contributed by atoms with Gasteiger partial charge in [0, 0.05) is 23.4 Å². The third-order valence-corrected chi connectivity index (χ3v) is 4.86. The van der Waals surface area contributed by atoms with Crippen LogP contribution in [0.4, 0.5) is 30.2 Å². The number of anilines is 1. The highest BCUT2D eigenvalue weighted by Gasteiger charge is 2.37. The lowest BCUT2D eigenvalue weighted by Gasteiger charge is -2.14. The summed E-state index contributed by atoms with van der Waals surface area (Å²) in [4.78, 5) is 27.9. The van der Waals surface area contributed by atoms with Crippen LogP contribution in [0.25, 0.3) is 0 Å². The summed E-state index contributed by atoms with van der Waals surface area (Å²) in [6.45, 7) is 0. The molecule has 0 aliphatic carbocycles. The third kappa shape index (κ3) is 4.02. The summed E-state index contributed by atoms with van der Waals surface area (Å²) in [5, 5.41) is 13.9. The van der Waals surface area contributed by atoms with Gasteiger partial charge in [0.1, 0.15) is 5.92 Å². The first-order valence-electron chi connectivity index (χ1n) is 9.14. The predicted octanol–water partition coefficient (Wildman–Crippen LogP) is 5.47. The molecule has 3 aromatic rings. The second-order valence-electron chi connectivity index (χ2n) is 6.86. The van der Waals surface area contributed by atoms with Crippen molar-refractivity contribution in [2.24, 2.45) is 4.99 Å². The molecule has 0 spiro atoms. The fraction of sp³-hybridized carbons (Fsp3) is 0.0909. The average Bonchev–Trinajstić information content (AvgIpc) is 3.07. The van der Waals surface area contributed by atoms with Crippen LogP contribution in [0.5, 0.6) is 0 Å². The summed E-state index contributed by atoms with van der Waals surface area (Å²) in [6, 6.07) is 17.0. The zero-order valence-corrected chi connectivity index (χ0v) is 15.8. The van der Waals surface area contributed by atoms with Gasteiger partial charge in [-0.2, -0.15) is 13.2 Å². The molecule has 9 heteroatoms. The Bertz CT molecular complexity index is 1190. The third-order valence-electron chi connectivity index (χ3n) is 4.86. The number of fused-ring (bicyclic) bond motifs is 1. The lowest BCUT2D eigenvalue weighted by molar-refractivity contribution is -0.384. The van der Waals surface area contributed by atoms with Crippen molar-refractivity contribution in [1.29, 1.82) is 0 Å². The smallest absolute Gasteiger partial charge is 0.325 e. The SMILES string of the molecule is O=C1Nc2ccc([N+](=O)[O-])cc2C1C(=Nc1ccc(C(F)(F)F)cc1)c1ccccc1. The van der Waals surface area contributed by atoms with Crippen LogP contribution < -0.4 is 5.32 Å². The van der Waals surface area contributed by atoms with Crippen LogP contribution in [0.2, 0.25) is 0 Å². The number of halogens is 3. The van der Waals surface area contributed by atoms with Crippen molar-refractivity contribution in [3.05, 3.63) is 99.6 Å². The first kappa shape index (κ1) is 20.3. The van der Waals surface area contributed by atoms with Gasteiger partial charge in [-0.1, -0.05) is 30.3 Å². The highest BCUT2D eigenvalue weighted by molar-refractivity contribution is 6.24. The maximum atomic E-state index is 12.9. The standard InChI is InChI=1S/C22H14F3N3O3/c23-22(24,25)14-6-8-15(9-7-14)26-20(13-4-2-1-3-5-13)19-17-12-16(28(30)31)10-11-18(17)27-21(19)29/h1-12,19H,(H,27,29). The van der Waals surface area contributed by atoms with Gasteiger partial charge in [0.25, 0.3) is 5.69 Å². The zero-order valence-electron chi connectivity index (χ0n) is 15.8. The quantitative estimate of drug-likeness (QED) is 0.342. The normalized spacial score (nSPS) is 16.0. The van der Waals surface area contributed by atoms with Gasteiger partial charge in [-0.3, -0.25) is 19.9 Å². The monoisotopic (exact) mass is 425 g/mol. The van der Waals surface area contributed by atoms with E-state index in [1.165, 1.54) is 30.3 Å². The summed E-state index contributed by atoms with van der Waals surface area (Å²) >= 11 is 0. The largest absolute Gasteiger partial charge is 0.416 e. The van der Waals surface area contributed by atoms with Gasteiger partial charge in [0.05, 0.1) is 21.9 Å². The number of non-ortho nitro benzene ring substituents is 1. The van der Waals surface area contributed by atoms with Crippen LogP contribution in [-0.2, 0) is 11.0 Å². The van der Waals surface area contributed by atoms with Crippen molar-refractivity contribution in [3.8, 4) is 0 Å². The molecule has 6 nitrogen and oxygen atoms in total. The van der Waals surface area contributed by atoms with E-state index >= 15 is 0 Å². The molecular formula is C22H14F3N3O3. The number of carbonyl (C=O) groups excluding carboxylic acids is 1. The number of hydrogen-bond acceptors (Lipinski definition) is 4. The molecule has 4 rings (SSSR count). The van der Waals surface area contributed by atoms with Gasteiger partial charge in [-0.25, -0.2) is 0 Å². The summed E-state index contributed by atoms with van der Waals surface area (Å²) < 4.78 is 38.6. The molecule has 0 saturated carbocycles. The molecule has 1 aliphatic heterocycles. The number of nitro benzene ring substituents is 1. The number of amides is 1. The molecule has 0 fully saturated rings. The maximum Gasteiger partial charge on any atom is 0.416 e. The highest BCUT2D eigenvalue weighted by atomic mass is 19.4. The second kappa shape index (κ2) is 7.67. The second-order valence-corrected chi connectivity index (χ2v) is 6.86. The van der Waals surface area contributed by atoms with E-state index in [1.807, 2.05) is 0 Å². The van der Waals surface area contributed by atoms with Crippen molar-refractivity contribution in [3.63, 3.8) is 0 Å². The lowest BCUT2D eigenvalue weighted by Crippen LogP contribution is -2.22. The van der Waals surface area contributed by atoms with Gasteiger partial charge >= 0.3 is 6.18 Å². The molecule has 1 atom stereocenters. The van der Waals surface area contributed by atoms with Crippen LogP contribution in [0.3, 0.4) is 0 Å². The number of carbonyl (C=O) groups is 1. The Morgan fingerprint density at radius 3 is 2.29 bits per heavy atom. The van der Waals surface area contributed by atoms with Crippen molar-refractivity contribution in [2.75, 3.05) is 5.32 Å². The molecule has 1 heterocycles. The van der Waals surface area contributed by atoms with E-state index < -0.39 is 28.5 Å². The number of nitro groups is 1. The van der Waals surface area contributed by atoms with Crippen LogP contribution in [0, 0.1) is 10.1 Å². The van der Waals surface area contributed by atoms with Crippen molar-refractivity contribution in [2.45, 2.75) is 12.1 Å². The van der Waals surface area contributed by atoms with E-state index in [0.29, 0.717) is 16.8 Å². The summed E-state index contributed by atoms with van der Waals surface area (Å²) in [7, 11) is 0. The Morgan fingerprint density at radius 2 is 1.68 bits per heavy atom. The number of hydrogen-bond donors (Lipinski definition) is 1. The van der Waals surface area contributed by atoms with E-state index in [2.05, 4.69) is 10.3 Å². The zero-order chi connectivity index (χ0) is 22.2. The first-order chi connectivity index (χ1) is 14.7. The van der Waals surface area contributed by atoms with Crippen LogP contribution in [-0.4, -0.2) is 16.5 Å². The van der Waals surface area contributed by atoms with Gasteiger partial charge in [-0.15, -0.1) is 0 Å². The van der Waals surface area contributed by atoms with Crippen molar-refractivity contribution >= 4 is 28.7 Å². The molecule has 31 heavy (non-hydrogen) atoms. The fourth-order valence-electron chi connectivity index (χ4n) is 3.40. The molecule has 1 N–H and O–H groups in total. The summed E-state index contributed by atoms with van der Waals surface area (Å²) in [5.74, 6) is -1.38. The van der Waals surface area contributed by atoms with E-state index in [9.17, 15) is 28.1 Å². The minimum atomic E-state index is -4.48. The Balaban J connectivity index is 1.84. The topological polar surface area (TPSA) is 84.6 Å². The fourth-order valence-corrected chi connectivity index (χ4v) is 3.40. The van der Waals surface area contributed by atoms with Gasteiger partial charge < -0.3 is 5.32 Å². The van der Waals surface area contributed by atoms with Crippen molar-refractivity contribution in [1.82, 2.24) is 0 Å². The molecule has 0 radical (unpaired) electrons. The van der Waals surface area contributed by atoms with Gasteiger partial charge in [0.2, 0.25) is 5.91 Å². The maximum absolute atomic E-state index is 12.9. The first-order valence-corrected chi connectivity index (χ1v) is 9.14. The molecule has 1 unspecified atom stereocenters. The number of benzene rings is 3. The number of alkyl halides is 3. The molecule has 0 bridgehead atoms. The van der Waals surface area contributed by atoms with Crippen LogP contribution in [0.15, 0.2) is 77.8 Å². The molecule has 0 aromatic heterocycles. The van der Waals surface area contributed by atoms with Crippen LogP contribution in [0.1, 0.15) is 22.6 Å². The summed E-state index contributed by atoms with van der Waals surface area (Å²) in [6.07, 6.45) is -4.48. The van der Waals surface area contributed by atoms with E-state index in [0.717, 1.165) is 12.1 Å². The minimum absolute atomic E-state index is 0.179. The lowest BCUT2D eigenvalue weighted by atomic mass is 9.90. The Hall–Kier alpha value is -4.01. The molecule has 1 aliphatic rings. The van der Waals surface area contributed by atoms with Crippen molar-refractivity contribution < 1.29 is 22.9 Å². The number of nitrogens with one attached hydrogen (secondary N) is 1. The van der Waals surface area contributed by atoms with Crippen LogP contribution >= 0.6 is 0 Å². The Morgan fingerprint density at radius 1 is 1.00 bits per heavy atom. The predicted molar refractivity (Wildman–Crippen MR) is 109 cm³/mol. The molecular weight excluding hydrogens is 411 g/mol. The minimum Gasteiger partial charge on any atom is -0.325 e. The molecule has 156 valence electrons. The van der Waals surface area contributed by atoms with E-state index in [-0.39, 0.29) is 17.1 Å². The molecule has 3 aromatic carbocycles. The summed E-state index contributed by atoms with van der Waals surface area (Å²) in [5.41, 5.74) is 0.886. The average molecular weight is 425 g/mol. The molecule has 0 saturated heterocycles. The number of nitrogens with zero attached hydrogens (tertiary/aromatic N) is 2. The molecule has 1 amide bonds. The number of aliphatic imine (C=N–C) groups is 1. The van der Waals surface area contributed by atoms with E-state index in [1.54, 1.807) is 30.3 Å². The number of rotatable bonds is 4. The Kier molecular flexibility index (Phi) is 5.02.